The zero-order chi connectivity index (χ0) is 14.6. The van der Waals surface area contributed by atoms with Gasteiger partial charge < -0.3 is 5.32 Å². The first-order chi connectivity index (χ1) is 8.75. The summed E-state index contributed by atoms with van der Waals surface area (Å²) in [7, 11) is 0. The van der Waals surface area contributed by atoms with Crippen molar-refractivity contribution in [3.8, 4) is 0 Å². The highest BCUT2D eigenvalue weighted by molar-refractivity contribution is 9.10. The number of carbonyl (C=O) groups excluding carboxylic acids is 1. The molecular weight excluding hydrogens is 346 g/mol. The van der Waals surface area contributed by atoms with E-state index in [-0.39, 0.29) is 16.1 Å². The Bertz CT molecular complexity index is 465. The minimum absolute atomic E-state index is 0.0306. The summed E-state index contributed by atoms with van der Waals surface area (Å²) >= 11 is 8.35. The molecule has 0 aliphatic heterocycles. The van der Waals surface area contributed by atoms with Crippen molar-refractivity contribution in [1.29, 1.82) is 0 Å². The molecule has 0 radical (unpaired) electrons. The summed E-state index contributed by atoms with van der Waals surface area (Å²) in [6.07, 6.45) is -3.95. The van der Waals surface area contributed by atoms with E-state index in [0.29, 0.717) is 12.3 Å². The second-order valence-electron chi connectivity index (χ2n) is 4.04. The number of rotatable bonds is 4. The zero-order valence-electron chi connectivity index (χ0n) is 10.0. The Balaban J connectivity index is 2.93. The van der Waals surface area contributed by atoms with Crippen molar-refractivity contribution < 1.29 is 18.0 Å². The SMILES string of the molecule is CC(CCCl)NC(=O)c1ccc(Br)c(C(F)(F)F)c1. The van der Waals surface area contributed by atoms with Crippen molar-refractivity contribution in [2.45, 2.75) is 25.6 Å². The minimum Gasteiger partial charge on any atom is -0.350 e. The summed E-state index contributed by atoms with van der Waals surface area (Å²) < 4.78 is 38.0. The Morgan fingerprint density at radius 3 is 2.63 bits per heavy atom. The first-order valence-electron chi connectivity index (χ1n) is 5.49. The van der Waals surface area contributed by atoms with Gasteiger partial charge in [-0.2, -0.15) is 13.2 Å². The Kier molecular flexibility index (Phi) is 5.67. The molecule has 1 aromatic rings. The predicted molar refractivity (Wildman–Crippen MR) is 71.4 cm³/mol. The first kappa shape index (κ1) is 16.3. The number of carbonyl (C=O) groups is 1. The van der Waals surface area contributed by atoms with Gasteiger partial charge in [-0.15, -0.1) is 11.6 Å². The van der Waals surface area contributed by atoms with Gasteiger partial charge in [0, 0.05) is 22.0 Å². The predicted octanol–water partition coefficient (Wildman–Crippen LogP) is 4.22. The lowest BCUT2D eigenvalue weighted by Crippen LogP contribution is -2.33. The van der Waals surface area contributed by atoms with Gasteiger partial charge in [-0.1, -0.05) is 15.9 Å². The van der Waals surface area contributed by atoms with E-state index in [1.165, 1.54) is 12.1 Å². The molecule has 0 aromatic heterocycles. The fourth-order valence-electron chi connectivity index (χ4n) is 1.43. The topological polar surface area (TPSA) is 29.1 Å². The van der Waals surface area contributed by atoms with Crippen molar-refractivity contribution in [2.75, 3.05) is 5.88 Å². The quantitative estimate of drug-likeness (QED) is 0.803. The number of alkyl halides is 4. The molecule has 19 heavy (non-hydrogen) atoms. The Morgan fingerprint density at radius 2 is 2.11 bits per heavy atom. The van der Waals surface area contributed by atoms with Crippen LogP contribution in [0.2, 0.25) is 0 Å². The molecule has 0 aliphatic carbocycles. The molecule has 1 atom stereocenters. The molecule has 1 amide bonds. The second-order valence-corrected chi connectivity index (χ2v) is 5.28. The molecule has 7 heteroatoms. The maximum Gasteiger partial charge on any atom is 0.417 e. The average molecular weight is 359 g/mol. The summed E-state index contributed by atoms with van der Waals surface area (Å²) in [4.78, 5) is 11.8. The highest BCUT2D eigenvalue weighted by Crippen LogP contribution is 2.35. The van der Waals surface area contributed by atoms with Crippen LogP contribution in [0.25, 0.3) is 0 Å². The largest absolute Gasteiger partial charge is 0.417 e. The van der Waals surface area contributed by atoms with Gasteiger partial charge in [-0.3, -0.25) is 4.79 Å². The van der Waals surface area contributed by atoms with Crippen molar-refractivity contribution >= 4 is 33.4 Å². The van der Waals surface area contributed by atoms with Crippen molar-refractivity contribution in [3.63, 3.8) is 0 Å². The molecule has 1 N–H and O–H groups in total. The van der Waals surface area contributed by atoms with Gasteiger partial charge in [0.05, 0.1) is 5.56 Å². The molecule has 1 aromatic carbocycles. The molecule has 0 bridgehead atoms. The van der Waals surface area contributed by atoms with Crippen LogP contribution < -0.4 is 5.32 Å². The molecule has 0 heterocycles. The van der Waals surface area contributed by atoms with Crippen LogP contribution in [-0.4, -0.2) is 17.8 Å². The zero-order valence-corrected chi connectivity index (χ0v) is 12.4. The van der Waals surface area contributed by atoms with Gasteiger partial charge in [0.15, 0.2) is 0 Å². The van der Waals surface area contributed by atoms with Gasteiger partial charge in [-0.25, -0.2) is 0 Å². The first-order valence-corrected chi connectivity index (χ1v) is 6.82. The lowest BCUT2D eigenvalue weighted by Gasteiger charge is -2.14. The third kappa shape index (κ3) is 4.69. The summed E-state index contributed by atoms with van der Waals surface area (Å²) in [5.74, 6) is -0.175. The molecule has 1 unspecified atom stereocenters. The monoisotopic (exact) mass is 357 g/mol. The Hall–Kier alpha value is -0.750. The van der Waals surface area contributed by atoms with E-state index in [2.05, 4.69) is 21.2 Å². The number of amides is 1. The minimum atomic E-state index is -4.50. The number of hydrogen-bond donors (Lipinski definition) is 1. The van der Waals surface area contributed by atoms with E-state index < -0.39 is 17.6 Å². The van der Waals surface area contributed by atoms with Gasteiger partial charge in [0.25, 0.3) is 5.91 Å². The summed E-state index contributed by atoms with van der Waals surface area (Å²) in [6, 6.07) is 3.18. The van der Waals surface area contributed by atoms with E-state index >= 15 is 0 Å². The second kappa shape index (κ2) is 6.61. The number of hydrogen-bond acceptors (Lipinski definition) is 1. The van der Waals surface area contributed by atoms with E-state index in [1.54, 1.807) is 6.92 Å². The van der Waals surface area contributed by atoms with Gasteiger partial charge in [0.2, 0.25) is 0 Å². The molecule has 106 valence electrons. The van der Waals surface area contributed by atoms with E-state index in [9.17, 15) is 18.0 Å². The van der Waals surface area contributed by atoms with Crippen molar-refractivity contribution in [1.82, 2.24) is 5.32 Å². The van der Waals surface area contributed by atoms with Crippen LogP contribution in [0.5, 0.6) is 0 Å². The lowest BCUT2D eigenvalue weighted by molar-refractivity contribution is -0.138. The van der Waals surface area contributed by atoms with Gasteiger partial charge >= 0.3 is 6.18 Å². The van der Waals surface area contributed by atoms with Gasteiger partial charge in [0.1, 0.15) is 0 Å². The van der Waals surface area contributed by atoms with Crippen LogP contribution in [0, 0.1) is 0 Å². The van der Waals surface area contributed by atoms with Crippen LogP contribution >= 0.6 is 27.5 Å². The molecular formula is C12H12BrClF3NO. The maximum atomic E-state index is 12.7. The van der Waals surface area contributed by atoms with Gasteiger partial charge in [-0.05, 0) is 31.5 Å². The molecule has 0 fully saturated rings. The number of halogens is 5. The summed E-state index contributed by atoms with van der Waals surface area (Å²) in [5, 5.41) is 2.59. The normalized spacial score (nSPS) is 13.2. The average Bonchev–Trinajstić information content (AvgIpc) is 2.27. The standard InChI is InChI=1S/C12H12BrClF3NO/c1-7(4-5-14)18-11(19)8-2-3-10(13)9(6-8)12(15,16)17/h2-3,6-7H,4-5H2,1H3,(H,18,19). The lowest BCUT2D eigenvalue weighted by atomic mass is 10.1. The Morgan fingerprint density at radius 1 is 1.47 bits per heavy atom. The smallest absolute Gasteiger partial charge is 0.350 e. The fraction of sp³-hybridized carbons (Fsp3) is 0.417. The fourth-order valence-corrected chi connectivity index (χ4v) is 2.23. The van der Waals surface area contributed by atoms with E-state index in [4.69, 9.17) is 11.6 Å². The van der Waals surface area contributed by atoms with Crippen LogP contribution in [-0.2, 0) is 6.18 Å². The summed E-state index contributed by atoms with van der Waals surface area (Å²) in [5.41, 5.74) is -0.901. The molecule has 1 rings (SSSR count). The molecule has 0 spiro atoms. The van der Waals surface area contributed by atoms with Crippen LogP contribution in [0.1, 0.15) is 29.3 Å². The molecule has 2 nitrogen and oxygen atoms in total. The summed E-state index contributed by atoms with van der Waals surface area (Å²) in [6.45, 7) is 1.74. The highest BCUT2D eigenvalue weighted by Gasteiger charge is 2.33. The van der Waals surface area contributed by atoms with Crippen molar-refractivity contribution in [3.05, 3.63) is 33.8 Å². The number of benzene rings is 1. The maximum absolute atomic E-state index is 12.7. The van der Waals surface area contributed by atoms with Crippen LogP contribution in [0.3, 0.4) is 0 Å². The third-order valence-electron chi connectivity index (χ3n) is 2.45. The highest BCUT2D eigenvalue weighted by atomic mass is 79.9. The molecule has 0 saturated heterocycles. The van der Waals surface area contributed by atoms with Crippen LogP contribution in [0.4, 0.5) is 13.2 Å². The van der Waals surface area contributed by atoms with Crippen molar-refractivity contribution in [2.24, 2.45) is 0 Å². The van der Waals surface area contributed by atoms with E-state index in [1.807, 2.05) is 0 Å². The van der Waals surface area contributed by atoms with E-state index in [0.717, 1.165) is 6.07 Å². The Labute approximate surface area is 122 Å². The number of nitrogens with one attached hydrogen (secondary N) is 1. The molecule has 0 saturated carbocycles. The van der Waals surface area contributed by atoms with Crippen LogP contribution in [0.15, 0.2) is 22.7 Å². The molecule has 0 aliphatic rings. The third-order valence-corrected chi connectivity index (χ3v) is 3.36.